The Labute approximate surface area is 206 Å². The first-order valence-electron chi connectivity index (χ1n) is 11.3. The highest BCUT2D eigenvalue weighted by molar-refractivity contribution is 6.23. The minimum absolute atomic E-state index is 0.0803. The molecule has 2 rings (SSSR count). The van der Waals surface area contributed by atoms with Crippen molar-refractivity contribution in [3.63, 3.8) is 0 Å². The number of ether oxygens (including phenoxy) is 1. The van der Waals surface area contributed by atoms with Crippen LogP contribution in [-0.4, -0.2) is 69.7 Å². The lowest BCUT2D eigenvalue weighted by molar-refractivity contribution is -0.569. The molecular formula is C20H30Cl2N4O8. The van der Waals surface area contributed by atoms with E-state index in [2.05, 4.69) is 10.6 Å². The second-order valence-electron chi connectivity index (χ2n) is 8.85. The summed E-state index contributed by atoms with van der Waals surface area (Å²) in [6.45, 7) is 1.42. The van der Waals surface area contributed by atoms with Crippen LogP contribution in [0.5, 0.6) is 0 Å². The largest absolute Gasteiger partial charge is 0.466 e. The number of hydrogen-bond donors (Lipinski definition) is 2. The van der Waals surface area contributed by atoms with Crippen LogP contribution in [0.4, 0.5) is 0 Å². The number of halogens is 2. The summed E-state index contributed by atoms with van der Waals surface area (Å²) in [4.78, 5) is 58.2. The molecule has 5 atom stereocenters. The molecule has 0 aliphatic heterocycles. The number of alkyl halides is 2. The van der Waals surface area contributed by atoms with E-state index in [0.717, 1.165) is 0 Å². The zero-order chi connectivity index (χ0) is 25.4. The van der Waals surface area contributed by atoms with Crippen LogP contribution in [0.15, 0.2) is 0 Å². The molecule has 2 aliphatic carbocycles. The molecule has 0 radical (unpaired) electrons. The molecule has 0 heterocycles. The van der Waals surface area contributed by atoms with E-state index >= 15 is 0 Å². The first-order valence-corrected chi connectivity index (χ1v) is 12.1. The van der Waals surface area contributed by atoms with Crippen LogP contribution in [0.3, 0.4) is 0 Å². The molecule has 14 heteroatoms. The summed E-state index contributed by atoms with van der Waals surface area (Å²) in [5, 5.41) is 27.0. The Bertz CT molecular complexity index is 754. The molecule has 2 aliphatic rings. The molecule has 2 saturated carbocycles. The minimum atomic E-state index is -1.19. The highest BCUT2D eigenvalue weighted by Crippen LogP contribution is 2.34. The summed E-state index contributed by atoms with van der Waals surface area (Å²) in [5.41, 5.74) is 0. The predicted molar refractivity (Wildman–Crippen MR) is 122 cm³/mol. The summed E-state index contributed by atoms with van der Waals surface area (Å²) in [5.74, 6) is -2.83. The van der Waals surface area contributed by atoms with E-state index in [0.29, 0.717) is 19.3 Å². The molecule has 192 valence electrons. The normalized spacial score (nSPS) is 30.0. The number of nitrogens with one attached hydrogen (secondary N) is 2. The average Bonchev–Trinajstić information content (AvgIpc) is 2.76. The summed E-state index contributed by atoms with van der Waals surface area (Å²) in [6.07, 6.45) is 1.14. The molecule has 0 bridgehead atoms. The van der Waals surface area contributed by atoms with Gasteiger partial charge in [-0.2, -0.15) is 0 Å². The zero-order valence-electron chi connectivity index (χ0n) is 18.8. The van der Waals surface area contributed by atoms with E-state index < -0.39 is 58.2 Å². The average molecular weight is 525 g/mol. The summed E-state index contributed by atoms with van der Waals surface area (Å²) >= 11 is 12.6. The van der Waals surface area contributed by atoms with Gasteiger partial charge in [0.05, 0.1) is 31.9 Å². The molecule has 0 spiro atoms. The van der Waals surface area contributed by atoms with Crippen LogP contribution in [0.25, 0.3) is 0 Å². The molecule has 0 aromatic heterocycles. The maximum Gasteiger partial charge on any atom is 0.307 e. The molecule has 2 fully saturated rings. The second-order valence-corrected chi connectivity index (χ2v) is 10.1. The third-order valence-corrected chi connectivity index (χ3v) is 7.00. The van der Waals surface area contributed by atoms with E-state index in [1.807, 2.05) is 0 Å². The van der Waals surface area contributed by atoms with Gasteiger partial charge >= 0.3 is 5.97 Å². The van der Waals surface area contributed by atoms with E-state index in [1.165, 1.54) is 0 Å². The van der Waals surface area contributed by atoms with Gasteiger partial charge in [-0.25, -0.2) is 0 Å². The number of hydrogen-bond acceptors (Lipinski definition) is 8. The number of esters is 1. The first-order chi connectivity index (χ1) is 16.0. The lowest BCUT2D eigenvalue weighted by atomic mass is 9.82. The Hall–Kier alpha value is -2.21. The van der Waals surface area contributed by atoms with E-state index in [9.17, 15) is 34.6 Å². The van der Waals surface area contributed by atoms with Gasteiger partial charge in [0.15, 0.2) is 0 Å². The highest BCUT2D eigenvalue weighted by Gasteiger charge is 2.44. The van der Waals surface area contributed by atoms with Crippen LogP contribution in [0, 0.1) is 32.1 Å². The number of amides is 2. The van der Waals surface area contributed by atoms with Crippen LogP contribution >= 0.6 is 23.2 Å². The van der Waals surface area contributed by atoms with Crippen molar-refractivity contribution in [3.8, 4) is 0 Å². The minimum Gasteiger partial charge on any atom is -0.466 e. The van der Waals surface area contributed by atoms with Crippen molar-refractivity contribution < 1.29 is 29.0 Å². The predicted octanol–water partition coefficient (Wildman–Crippen LogP) is 1.65. The van der Waals surface area contributed by atoms with Gasteiger partial charge in [-0.15, -0.1) is 23.2 Å². The molecule has 2 N–H and O–H groups in total. The van der Waals surface area contributed by atoms with Crippen molar-refractivity contribution in [1.82, 2.24) is 10.6 Å². The van der Waals surface area contributed by atoms with Crippen LogP contribution in [-0.2, 0) is 19.1 Å². The third kappa shape index (κ3) is 8.53. The number of nitro groups is 2. The summed E-state index contributed by atoms with van der Waals surface area (Å²) in [7, 11) is 0. The van der Waals surface area contributed by atoms with E-state index in [-0.39, 0.29) is 49.0 Å². The summed E-state index contributed by atoms with van der Waals surface area (Å²) in [6, 6.07) is -2.99. The Morgan fingerprint density at radius 3 is 2.03 bits per heavy atom. The van der Waals surface area contributed by atoms with Crippen LogP contribution < -0.4 is 10.6 Å². The Morgan fingerprint density at radius 1 is 0.971 bits per heavy atom. The monoisotopic (exact) mass is 524 g/mol. The number of carbonyl (C=O) groups is 3. The van der Waals surface area contributed by atoms with Gasteiger partial charge < -0.3 is 15.4 Å². The van der Waals surface area contributed by atoms with Gasteiger partial charge in [0.25, 0.3) is 0 Å². The highest BCUT2D eigenvalue weighted by atomic mass is 35.5. The fraction of sp³-hybridized carbons (Fsp3) is 0.850. The lowest BCUT2D eigenvalue weighted by Gasteiger charge is -2.34. The molecule has 0 aromatic carbocycles. The maximum absolute atomic E-state index is 12.6. The maximum atomic E-state index is 12.6. The fourth-order valence-corrected chi connectivity index (χ4v) is 5.65. The van der Waals surface area contributed by atoms with Gasteiger partial charge in [0.1, 0.15) is 0 Å². The molecular weight excluding hydrogens is 495 g/mol. The quantitative estimate of drug-likeness (QED) is 0.188. The standard InChI is InChI=1S/C20H30Cl2N4O8/c1-2-34-19(28)9-17(11-3-13(21)7-14(22)4-11)24-18(27)10-23-20(29)12-5-15(25(30)31)8-16(6-12)26(32)33/h11-17H,2-10H2,1H3,(H,23,29)(H,24,27). The summed E-state index contributed by atoms with van der Waals surface area (Å²) < 4.78 is 5.00. The second kappa shape index (κ2) is 13.0. The Balaban J connectivity index is 1.97. The van der Waals surface area contributed by atoms with Crippen LogP contribution in [0.1, 0.15) is 51.9 Å². The number of nitrogens with zero attached hydrogens (tertiary/aromatic N) is 2. The van der Waals surface area contributed by atoms with Crippen molar-refractivity contribution in [3.05, 3.63) is 20.2 Å². The van der Waals surface area contributed by atoms with Crippen molar-refractivity contribution >= 4 is 41.0 Å². The van der Waals surface area contributed by atoms with E-state index in [4.69, 9.17) is 27.9 Å². The fourth-order valence-electron chi connectivity index (χ4n) is 4.67. The van der Waals surface area contributed by atoms with E-state index in [1.54, 1.807) is 6.92 Å². The molecule has 5 unspecified atom stereocenters. The molecule has 0 saturated heterocycles. The topological polar surface area (TPSA) is 171 Å². The lowest BCUT2D eigenvalue weighted by Crippen LogP contribution is -2.49. The third-order valence-electron chi connectivity index (χ3n) is 6.28. The van der Waals surface area contributed by atoms with Gasteiger partial charge in [-0.05, 0) is 32.1 Å². The Kier molecular flexibility index (Phi) is 10.7. The molecule has 0 aromatic rings. The first kappa shape index (κ1) is 28.0. The van der Waals surface area contributed by atoms with Crippen molar-refractivity contribution in [1.29, 1.82) is 0 Å². The van der Waals surface area contributed by atoms with Crippen molar-refractivity contribution in [2.45, 2.75) is 80.7 Å². The smallest absolute Gasteiger partial charge is 0.307 e. The SMILES string of the molecule is CCOC(=O)CC(NC(=O)CNC(=O)C1CC([N+](=O)[O-])CC([N+](=O)[O-])C1)C1CC(Cl)CC(Cl)C1. The van der Waals surface area contributed by atoms with Gasteiger partial charge in [-0.3, -0.25) is 34.6 Å². The number of rotatable bonds is 10. The van der Waals surface area contributed by atoms with Gasteiger partial charge in [0.2, 0.25) is 23.9 Å². The number of carbonyl (C=O) groups excluding carboxylic acids is 3. The van der Waals surface area contributed by atoms with Crippen LogP contribution in [0.2, 0.25) is 0 Å². The van der Waals surface area contributed by atoms with Crippen molar-refractivity contribution in [2.75, 3.05) is 13.2 Å². The van der Waals surface area contributed by atoms with Gasteiger partial charge in [-0.1, -0.05) is 0 Å². The molecule has 12 nitrogen and oxygen atoms in total. The van der Waals surface area contributed by atoms with Gasteiger partial charge in [0, 0.05) is 39.5 Å². The molecule has 34 heavy (non-hydrogen) atoms. The Morgan fingerprint density at radius 2 is 1.53 bits per heavy atom. The molecule has 2 amide bonds. The van der Waals surface area contributed by atoms with Crippen molar-refractivity contribution in [2.24, 2.45) is 11.8 Å². The zero-order valence-corrected chi connectivity index (χ0v) is 20.3.